The lowest BCUT2D eigenvalue weighted by Crippen LogP contribution is -2.33. The zero-order valence-electron chi connectivity index (χ0n) is 21.2. The van der Waals surface area contributed by atoms with Crippen molar-refractivity contribution in [3.05, 3.63) is 87.8 Å². The summed E-state index contributed by atoms with van der Waals surface area (Å²) in [7, 11) is 1.59. The fourth-order valence-electron chi connectivity index (χ4n) is 4.36. The molecule has 3 heterocycles. The summed E-state index contributed by atoms with van der Waals surface area (Å²) in [5.41, 5.74) is 1.44. The summed E-state index contributed by atoms with van der Waals surface area (Å²) in [5.74, 6) is -1.55. The Bertz CT molecular complexity index is 1560. The molecular weight excluding hydrogens is 472 g/mol. The molecule has 0 saturated carbocycles. The van der Waals surface area contributed by atoms with Gasteiger partial charge in [0.15, 0.2) is 5.49 Å². The average molecular weight is 503 g/mol. The van der Waals surface area contributed by atoms with Crippen LogP contribution in [0.25, 0.3) is 16.7 Å². The van der Waals surface area contributed by atoms with E-state index in [-0.39, 0.29) is 28.6 Å². The smallest absolute Gasteiger partial charge is 0.341 e. The highest BCUT2D eigenvalue weighted by atomic mass is 16.5. The minimum Gasteiger partial charge on any atom is -0.462 e. The molecule has 4 aromatic rings. The number of nitrogens with zero attached hydrogens (tertiary/aromatic N) is 4. The molecule has 3 aromatic heterocycles. The third-order valence-electron chi connectivity index (χ3n) is 6.14. The normalized spacial score (nSPS) is 12.7. The van der Waals surface area contributed by atoms with Crippen LogP contribution in [0, 0.1) is 0 Å². The third kappa shape index (κ3) is 5.36. The average Bonchev–Trinajstić information content (AvgIpc) is 2.91. The van der Waals surface area contributed by atoms with Gasteiger partial charge in [-0.3, -0.25) is 14.0 Å². The fraction of sp³-hybridized carbons (Fsp3) is 0.321. The fourth-order valence-corrected chi connectivity index (χ4v) is 4.36. The number of carbonyl (C=O) groups excluding carboxylic acids is 2. The predicted octanol–water partition coefficient (Wildman–Crippen LogP) is 3.48. The highest BCUT2D eigenvalue weighted by molar-refractivity contribution is 5.94. The van der Waals surface area contributed by atoms with E-state index in [1.54, 1.807) is 43.0 Å². The summed E-state index contributed by atoms with van der Waals surface area (Å²) in [5, 5.41) is 0.227. The Labute approximate surface area is 214 Å². The van der Waals surface area contributed by atoms with Gasteiger partial charge in [-0.15, -0.1) is 0 Å². The first kappa shape index (κ1) is 26.0. The number of ether oxygens (including phenoxy) is 2. The van der Waals surface area contributed by atoms with Crippen molar-refractivity contribution in [1.82, 2.24) is 14.0 Å². The van der Waals surface area contributed by atoms with Crippen LogP contribution in [-0.4, -0.2) is 46.2 Å². The van der Waals surface area contributed by atoms with Gasteiger partial charge in [0.25, 0.3) is 11.5 Å². The van der Waals surface area contributed by atoms with Gasteiger partial charge in [0.2, 0.25) is 0 Å². The van der Waals surface area contributed by atoms with Crippen molar-refractivity contribution in [3.8, 4) is 0 Å². The van der Waals surface area contributed by atoms with E-state index < -0.39 is 17.8 Å². The lowest BCUT2D eigenvalue weighted by molar-refractivity contribution is -0.119. The molecule has 0 saturated heterocycles. The van der Waals surface area contributed by atoms with Gasteiger partial charge in [-0.05, 0) is 43.5 Å². The number of carbonyl (C=O) groups is 2. The summed E-state index contributed by atoms with van der Waals surface area (Å²) in [6.45, 7) is 4.49. The quantitative estimate of drug-likeness (QED) is 0.197. The van der Waals surface area contributed by atoms with Crippen molar-refractivity contribution < 1.29 is 19.1 Å². The molecule has 0 fully saturated rings. The van der Waals surface area contributed by atoms with E-state index in [0.717, 1.165) is 5.56 Å². The summed E-state index contributed by atoms with van der Waals surface area (Å²) in [6, 6.07) is 16.1. The van der Waals surface area contributed by atoms with Gasteiger partial charge in [-0.1, -0.05) is 43.3 Å². The van der Waals surface area contributed by atoms with Crippen LogP contribution >= 0.6 is 0 Å². The lowest BCUT2D eigenvalue weighted by Gasteiger charge is -2.16. The lowest BCUT2D eigenvalue weighted by atomic mass is 9.96. The van der Waals surface area contributed by atoms with Gasteiger partial charge in [0, 0.05) is 26.5 Å². The maximum absolute atomic E-state index is 13.5. The third-order valence-corrected chi connectivity index (χ3v) is 6.14. The van der Waals surface area contributed by atoms with Crippen LogP contribution in [0.1, 0.15) is 48.5 Å². The summed E-state index contributed by atoms with van der Waals surface area (Å²) in [6.07, 6.45) is 2.70. The van der Waals surface area contributed by atoms with Gasteiger partial charge < -0.3 is 14.0 Å². The second kappa shape index (κ2) is 11.7. The van der Waals surface area contributed by atoms with Crippen molar-refractivity contribution in [2.24, 2.45) is 4.99 Å². The molecule has 0 aliphatic rings. The van der Waals surface area contributed by atoms with E-state index >= 15 is 0 Å². The zero-order valence-corrected chi connectivity index (χ0v) is 21.2. The van der Waals surface area contributed by atoms with E-state index in [1.165, 1.54) is 10.5 Å². The van der Waals surface area contributed by atoms with Crippen molar-refractivity contribution in [2.75, 3.05) is 20.3 Å². The van der Waals surface area contributed by atoms with E-state index in [1.807, 2.05) is 37.3 Å². The first-order chi connectivity index (χ1) is 18.0. The molecular formula is C28H30N4O5. The minimum atomic E-state index is -0.665. The van der Waals surface area contributed by atoms with Gasteiger partial charge >= 0.3 is 5.97 Å². The largest absolute Gasteiger partial charge is 0.462 e. The molecule has 37 heavy (non-hydrogen) atoms. The van der Waals surface area contributed by atoms with Crippen molar-refractivity contribution in [2.45, 2.75) is 39.2 Å². The number of hydrogen-bond donors (Lipinski definition) is 0. The minimum absolute atomic E-state index is 0.0396. The molecule has 0 aliphatic carbocycles. The molecule has 9 heteroatoms. The topological polar surface area (TPSA) is 104 Å². The van der Waals surface area contributed by atoms with Crippen LogP contribution in [0.2, 0.25) is 0 Å². The molecule has 1 atom stereocenters. The number of aryl methyl sites for hydroxylation is 1. The molecule has 9 nitrogen and oxygen atoms in total. The van der Waals surface area contributed by atoms with E-state index in [9.17, 15) is 14.4 Å². The Morgan fingerprint density at radius 2 is 1.84 bits per heavy atom. The van der Waals surface area contributed by atoms with Crippen LogP contribution < -0.4 is 11.0 Å². The molecule has 0 N–H and O–H groups in total. The van der Waals surface area contributed by atoms with E-state index in [4.69, 9.17) is 14.5 Å². The standard InChI is InChI=1S/C28H30N4O5/c1-4-20(19-12-7-6-8-13-19)26(33)30-25-22(28(35)37-5-2)18-21-24(32(25)16-11-17-36-3)29-23-14-9-10-15-31(23)27(21)34/h6-10,12-15,18,20H,4-5,11,16-17H2,1-3H3/t20-/m1/s1. The highest BCUT2D eigenvalue weighted by Crippen LogP contribution is 2.21. The Morgan fingerprint density at radius 3 is 2.54 bits per heavy atom. The molecule has 0 aliphatic heterocycles. The van der Waals surface area contributed by atoms with Gasteiger partial charge in [0.1, 0.15) is 16.9 Å². The Kier molecular flexibility index (Phi) is 8.25. The number of aromatic nitrogens is 3. The molecule has 0 bridgehead atoms. The summed E-state index contributed by atoms with van der Waals surface area (Å²) >= 11 is 0. The van der Waals surface area contributed by atoms with Gasteiger partial charge in [-0.2, -0.15) is 4.99 Å². The summed E-state index contributed by atoms with van der Waals surface area (Å²) in [4.78, 5) is 49.2. The van der Waals surface area contributed by atoms with Crippen LogP contribution in [0.15, 0.2) is 70.6 Å². The Morgan fingerprint density at radius 1 is 1.08 bits per heavy atom. The molecule has 4 rings (SSSR count). The molecule has 1 amide bonds. The molecule has 192 valence electrons. The van der Waals surface area contributed by atoms with Crippen LogP contribution in [0.5, 0.6) is 0 Å². The zero-order chi connectivity index (χ0) is 26.4. The SMILES string of the molecule is CCOC(=O)c1cc2c(=O)n3ccccc3nc2n(CCCOC)c1=NC(=O)[C@H](CC)c1ccccc1. The Hall–Kier alpha value is -4.11. The van der Waals surface area contributed by atoms with Crippen LogP contribution in [0.3, 0.4) is 0 Å². The number of esters is 1. The van der Waals surface area contributed by atoms with Gasteiger partial charge in [-0.25, -0.2) is 9.78 Å². The second-order valence-electron chi connectivity index (χ2n) is 8.50. The molecule has 0 unspecified atom stereocenters. The first-order valence-corrected chi connectivity index (χ1v) is 12.3. The van der Waals surface area contributed by atoms with Gasteiger partial charge in [0.05, 0.1) is 17.9 Å². The monoisotopic (exact) mass is 502 g/mol. The molecule has 0 spiro atoms. The first-order valence-electron chi connectivity index (χ1n) is 12.3. The van der Waals surface area contributed by atoms with Crippen LogP contribution in [0.4, 0.5) is 0 Å². The number of hydrogen-bond acceptors (Lipinski definition) is 6. The Balaban J connectivity index is 2.05. The highest BCUT2D eigenvalue weighted by Gasteiger charge is 2.23. The van der Waals surface area contributed by atoms with Crippen molar-refractivity contribution in [1.29, 1.82) is 0 Å². The summed E-state index contributed by atoms with van der Waals surface area (Å²) < 4.78 is 13.6. The van der Waals surface area contributed by atoms with E-state index in [0.29, 0.717) is 37.3 Å². The molecule has 1 aromatic carbocycles. The van der Waals surface area contributed by atoms with E-state index in [2.05, 4.69) is 4.99 Å². The number of methoxy groups -OCH3 is 1. The predicted molar refractivity (Wildman–Crippen MR) is 139 cm³/mol. The van der Waals surface area contributed by atoms with Crippen molar-refractivity contribution in [3.63, 3.8) is 0 Å². The maximum atomic E-state index is 13.5. The second-order valence-corrected chi connectivity index (χ2v) is 8.50. The number of pyridine rings is 2. The van der Waals surface area contributed by atoms with Crippen LogP contribution in [-0.2, 0) is 20.8 Å². The number of benzene rings is 1. The number of rotatable bonds is 9. The molecule has 0 radical (unpaired) electrons. The number of fused-ring (bicyclic) bond motifs is 2. The maximum Gasteiger partial charge on any atom is 0.341 e. The number of amides is 1. The van der Waals surface area contributed by atoms with Crippen molar-refractivity contribution >= 4 is 28.6 Å².